The zero-order chi connectivity index (χ0) is 18.1. The third-order valence-electron chi connectivity index (χ3n) is 4.10. The molecule has 0 saturated carbocycles. The van der Waals surface area contributed by atoms with Crippen LogP contribution in [0.2, 0.25) is 0 Å². The van der Waals surface area contributed by atoms with Crippen molar-refractivity contribution in [2.24, 2.45) is 9.98 Å². The van der Waals surface area contributed by atoms with Crippen LogP contribution in [0.25, 0.3) is 0 Å². The predicted molar refractivity (Wildman–Crippen MR) is 111 cm³/mol. The van der Waals surface area contributed by atoms with Gasteiger partial charge in [-0.2, -0.15) is 4.99 Å². The van der Waals surface area contributed by atoms with Gasteiger partial charge in [-0.3, -0.25) is 4.79 Å². The number of nitrogens with zero attached hydrogens (tertiary/aromatic N) is 3. The lowest BCUT2D eigenvalue weighted by molar-refractivity contribution is 0.100. The maximum atomic E-state index is 12.7. The molecule has 2 aliphatic rings. The first-order valence-corrected chi connectivity index (χ1v) is 9.57. The number of carbonyl (C=O) groups excluding carboxylic acids is 1. The minimum absolute atomic E-state index is 0.323. The molecule has 128 valence electrons. The molecule has 4 rings (SSSR count). The maximum Gasteiger partial charge on any atom is 0.280 e. The van der Waals surface area contributed by atoms with E-state index in [2.05, 4.69) is 41.8 Å². The van der Waals surface area contributed by atoms with Crippen LogP contribution in [0.4, 0.5) is 0 Å². The van der Waals surface area contributed by atoms with Crippen molar-refractivity contribution in [2.45, 2.75) is 6.54 Å². The Bertz CT molecular complexity index is 1020. The third kappa shape index (κ3) is 3.34. The highest BCUT2D eigenvalue weighted by atomic mass is 79.9. The number of rotatable bonds is 1. The van der Waals surface area contributed by atoms with Crippen LogP contribution in [-0.4, -0.2) is 22.5 Å². The first-order chi connectivity index (χ1) is 12.6. The molecule has 2 heterocycles. The molecule has 6 heteroatoms. The molecule has 0 saturated heterocycles. The Labute approximate surface area is 167 Å². The average molecular weight is 471 g/mol. The minimum atomic E-state index is -0.323. The van der Waals surface area contributed by atoms with Gasteiger partial charge in [-0.05, 0) is 61.7 Å². The van der Waals surface area contributed by atoms with E-state index in [0.717, 1.165) is 25.9 Å². The number of amides is 1. The van der Waals surface area contributed by atoms with Crippen LogP contribution in [0.3, 0.4) is 0 Å². The SMILES string of the molecule is O=C(N=C1N=C2C=CC(Br)=CN2Cc2ccccc21)c1ccccc1Br. The summed E-state index contributed by atoms with van der Waals surface area (Å²) < 4.78 is 1.69. The van der Waals surface area contributed by atoms with Crippen LogP contribution in [0.5, 0.6) is 0 Å². The Kier molecular flexibility index (Phi) is 4.70. The molecular formula is C20H13Br2N3O. The molecule has 2 aromatic carbocycles. The van der Waals surface area contributed by atoms with E-state index in [-0.39, 0.29) is 5.91 Å². The number of allylic oxidation sites excluding steroid dienone is 2. The monoisotopic (exact) mass is 469 g/mol. The molecule has 0 spiro atoms. The lowest BCUT2D eigenvalue weighted by Crippen LogP contribution is -2.24. The fourth-order valence-corrected chi connectivity index (χ4v) is 3.67. The van der Waals surface area contributed by atoms with Gasteiger partial charge in [0, 0.05) is 27.3 Å². The lowest BCUT2D eigenvalue weighted by Gasteiger charge is -2.21. The fourth-order valence-electron chi connectivity index (χ4n) is 2.84. The number of amidine groups is 2. The molecule has 1 amide bonds. The Morgan fingerprint density at radius 2 is 1.81 bits per heavy atom. The highest BCUT2D eigenvalue weighted by Crippen LogP contribution is 2.24. The molecule has 0 unspecified atom stereocenters. The smallest absolute Gasteiger partial charge is 0.280 e. The second-order valence-corrected chi connectivity index (χ2v) is 7.59. The third-order valence-corrected chi connectivity index (χ3v) is 5.26. The lowest BCUT2D eigenvalue weighted by atomic mass is 10.1. The number of aliphatic imine (C=N–C) groups is 2. The number of halogens is 2. The first kappa shape index (κ1) is 17.1. The Morgan fingerprint density at radius 1 is 1.04 bits per heavy atom. The first-order valence-electron chi connectivity index (χ1n) is 7.98. The van der Waals surface area contributed by atoms with E-state index >= 15 is 0 Å². The molecule has 2 aromatic rings. The average Bonchev–Trinajstić information content (AvgIpc) is 2.78. The second kappa shape index (κ2) is 7.13. The summed E-state index contributed by atoms with van der Waals surface area (Å²) in [5.41, 5.74) is 2.45. The number of hydrogen-bond acceptors (Lipinski definition) is 2. The zero-order valence-electron chi connectivity index (χ0n) is 13.6. The van der Waals surface area contributed by atoms with Gasteiger partial charge in [0.1, 0.15) is 5.84 Å². The van der Waals surface area contributed by atoms with Gasteiger partial charge in [0.15, 0.2) is 5.84 Å². The Hall–Kier alpha value is -2.31. The summed E-state index contributed by atoms with van der Waals surface area (Å²) in [7, 11) is 0. The van der Waals surface area contributed by atoms with Crippen molar-refractivity contribution in [1.82, 2.24) is 4.90 Å². The number of carbonyl (C=O) groups is 1. The standard InChI is InChI=1S/C20H13Br2N3O/c21-14-9-10-18-23-19(24-20(26)16-7-3-4-8-17(16)22)15-6-2-1-5-13(15)11-25(18)12-14/h1-10,12H,11H2. The van der Waals surface area contributed by atoms with E-state index in [4.69, 9.17) is 0 Å². The van der Waals surface area contributed by atoms with Crippen molar-refractivity contribution in [1.29, 1.82) is 0 Å². The maximum absolute atomic E-state index is 12.7. The van der Waals surface area contributed by atoms with Gasteiger partial charge in [-0.1, -0.05) is 36.4 Å². The molecule has 0 N–H and O–H groups in total. The summed E-state index contributed by atoms with van der Waals surface area (Å²) in [6.07, 6.45) is 5.82. The van der Waals surface area contributed by atoms with Crippen LogP contribution in [0.1, 0.15) is 21.5 Å². The Morgan fingerprint density at radius 3 is 2.65 bits per heavy atom. The normalized spacial score (nSPS) is 17.2. The van der Waals surface area contributed by atoms with Gasteiger partial charge in [0.05, 0.1) is 5.56 Å². The summed E-state index contributed by atoms with van der Waals surface area (Å²) in [5.74, 6) is 0.856. The van der Waals surface area contributed by atoms with Crippen LogP contribution in [0.15, 0.2) is 85.8 Å². The van der Waals surface area contributed by atoms with E-state index in [1.54, 1.807) is 6.07 Å². The molecular weight excluding hydrogens is 458 g/mol. The topological polar surface area (TPSA) is 45.0 Å². The van der Waals surface area contributed by atoms with Gasteiger partial charge >= 0.3 is 0 Å². The van der Waals surface area contributed by atoms with E-state index in [9.17, 15) is 4.79 Å². The van der Waals surface area contributed by atoms with Crippen LogP contribution in [0, 0.1) is 0 Å². The number of hydrogen-bond donors (Lipinski definition) is 0. The van der Waals surface area contributed by atoms with Crippen molar-refractivity contribution < 1.29 is 4.79 Å². The van der Waals surface area contributed by atoms with Gasteiger partial charge < -0.3 is 4.90 Å². The van der Waals surface area contributed by atoms with Gasteiger partial charge in [-0.25, -0.2) is 4.99 Å². The molecule has 0 fully saturated rings. The second-order valence-electron chi connectivity index (χ2n) is 5.82. The van der Waals surface area contributed by atoms with Gasteiger partial charge in [0.25, 0.3) is 5.91 Å². The van der Waals surface area contributed by atoms with Crippen molar-refractivity contribution in [2.75, 3.05) is 0 Å². The molecule has 2 aliphatic heterocycles. The number of fused-ring (bicyclic) bond motifs is 2. The summed E-state index contributed by atoms with van der Waals surface area (Å²) >= 11 is 6.91. The molecule has 0 bridgehead atoms. The fraction of sp³-hybridized carbons (Fsp3) is 0.0500. The quantitative estimate of drug-likeness (QED) is 0.584. The van der Waals surface area contributed by atoms with Crippen molar-refractivity contribution in [3.63, 3.8) is 0 Å². The molecule has 0 aromatic heterocycles. The van der Waals surface area contributed by atoms with Gasteiger partial charge in [0.2, 0.25) is 0 Å². The summed E-state index contributed by atoms with van der Waals surface area (Å²) in [6, 6.07) is 15.2. The van der Waals surface area contributed by atoms with Crippen molar-refractivity contribution in [3.8, 4) is 0 Å². The van der Waals surface area contributed by atoms with Crippen molar-refractivity contribution in [3.05, 3.63) is 92.5 Å². The van der Waals surface area contributed by atoms with E-state index in [0.29, 0.717) is 17.9 Å². The molecule has 26 heavy (non-hydrogen) atoms. The molecule has 4 nitrogen and oxygen atoms in total. The van der Waals surface area contributed by atoms with Gasteiger partial charge in [-0.15, -0.1) is 0 Å². The Balaban J connectivity index is 1.83. The van der Waals surface area contributed by atoms with Crippen molar-refractivity contribution >= 4 is 49.4 Å². The largest absolute Gasteiger partial charge is 0.327 e. The highest BCUT2D eigenvalue weighted by molar-refractivity contribution is 9.12. The zero-order valence-corrected chi connectivity index (χ0v) is 16.7. The molecule has 0 atom stereocenters. The molecule has 0 radical (unpaired) electrons. The van der Waals surface area contributed by atoms with Crippen LogP contribution in [-0.2, 0) is 6.54 Å². The summed E-state index contributed by atoms with van der Waals surface area (Å²) in [4.78, 5) is 23.8. The minimum Gasteiger partial charge on any atom is -0.327 e. The van der Waals surface area contributed by atoms with Crippen LogP contribution < -0.4 is 0 Å². The predicted octanol–water partition coefficient (Wildman–Crippen LogP) is 5.06. The number of benzene rings is 2. The highest BCUT2D eigenvalue weighted by Gasteiger charge is 2.22. The van der Waals surface area contributed by atoms with E-state index in [1.165, 1.54) is 0 Å². The summed E-state index contributed by atoms with van der Waals surface area (Å²) in [6.45, 7) is 0.663. The van der Waals surface area contributed by atoms with E-state index in [1.807, 2.05) is 65.7 Å². The summed E-state index contributed by atoms with van der Waals surface area (Å²) in [5, 5.41) is 0. The van der Waals surface area contributed by atoms with Crippen LogP contribution >= 0.6 is 31.9 Å². The van der Waals surface area contributed by atoms with E-state index < -0.39 is 0 Å². The molecule has 0 aliphatic carbocycles.